The van der Waals surface area contributed by atoms with Crippen molar-refractivity contribution in [2.24, 2.45) is 0 Å². The SMILES string of the molecule is CC(OC(=O)/C=C/c1ccc(OCc2ccccc2)cc1)C(=O)N(C)C. The topological polar surface area (TPSA) is 55.8 Å². The molecule has 0 heterocycles. The molecule has 5 nitrogen and oxygen atoms in total. The van der Waals surface area contributed by atoms with Crippen LogP contribution in [0.5, 0.6) is 5.75 Å². The molecule has 1 atom stereocenters. The minimum absolute atomic E-state index is 0.258. The highest BCUT2D eigenvalue weighted by atomic mass is 16.5. The maximum atomic E-state index is 11.8. The van der Waals surface area contributed by atoms with E-state index in [0.717, 1.165) is 16.9 Å². The van der Waals surface area contributed by atoms with Gasteiger partial charge < -0.3 is 14.4 Å². The number of benzene rings is 2. The zero-order valence-corrected chi connectivity index (χ0v) is 15.2. The van der Waals surface area contributed by atoms with Gasteiger partial charge in [-0.25, -0.2) is 4.79 Å². The van der Waals surface area contributed by atoms with E-state index in [4.69, 9.17) is 9.47 Å². The molecule has 0 aromatic heterocycles. The fourth-order valence-corrected chi connectivity index (χ4v) is 2.21. The average molecular weight is 353 g/mol. The second-order valence-electron chi connectivity index (χ2n) is 5.99. The molecule has 0 saturated heterocycles. The van der Waals surface area contributed by atoms with Gasteiger partial charge in [-0.2, -0.15) is 0 Å². The molecular weight excluding hydrogens is 330 g/mol. The van der Waals surface area contributed by atoms with E-state index in [2.05, 4.69) is 0 Å². The molecule has 5 heteroatoms. The Labute approximate surface area is 153 Å². The lowest BCUT2D eigenvalue weighted by Crippen LogP contribution is -2.34. The van der Waals surface area contributed by atoms with Crippen molar-refractivity contribution in [1.82, 2.24) is 4.90 Å². The van der Waals surface area contributed by atoms with Crippen LogP contribution in [-0.2, 0) is 20.9 Å². The molecular formula is C21H23NO4. The van der Waals surface area contributed by atoms with Gasteiger partial charge in [0.2, 0.25) is 0 Å². The first-order chi connectivity index (χ1) is 12.5. The fraction of sp³-hybridized carbons (Fsp3) is 0.238. The minimum atomic E-state index is -0.809. The first-order valence-corrected chi connectivity index (χ1v) is 8.32. The summed E-state index contributed by atoms with van der Waals surface area (Å²) in [6.07, 6.45) is 2.13. The lowest BCUT2D eigenvalue weighted by molar-refractivity contribution is -0.153. The minimum Gasteiger partial charge on any atom is -0.489 e. The number of rotatable bonds is 7. The molecule has 1 amide bonds. The highest BCUT2D eigenvalue weighted by Gasteiger charge is 2.17. The Balaban J connectivity index is 1.85. The summed E-state index contributed by atoms with van der Waals surface area (Å²) in [5.41, 5.74) is 1.93. The van der Waals surface area contributed by atoms with E-state index in [-0.39, 0.29) is 5.91 Å². The number of esters is 1. The molecule has 2 aromatic carbocycles. The third kappa shape index (κ3) is 6.09. The number of nitrogens with zero attached hydrogens (tertiary/aromatic N) is 1. The monoisotopic (exact) mass is 353 g/mol. The summed E-state index contributed by atoms with van der Waals surface area (Å²) in [7, 11) is 3.23. The lowest BCUT2D eigenvalue weighted by Gasteiger charge is -2.16. The maximum Gasteiger partial charge on any atom is 0.331 e. The van der Waals surface area contributed by atoms with Crippen LogP contribution in [0.15, 0.2) is 60.7 Å². The van der Waals surface area contributed by atoms with Crippen LogP contribution >= 0.6 is 0 Å². The van der Waals surface area contributed by atoms with E-state index in [1.54, 1.807) is 27.1 Å². The van der Waals surface area contributed by atoms with E-state index in [1.807, 2.05) is 54.6 Å². The van der Waals surface area contributed by atoms with Crippen LogP contribution in [0.3, 0.4) is 0 Å². The van der Waals surface area contributed by atoms with Crippen molar-refractivity contribution in [3.05, 3.63) is 71.8 Å². The van der Waals surface area contributed by atoms with Gasteiger partial charge in [0.1, 0.15) is 12.4 Å². The molecule has 2 rings (SSSR count). The third-order valence-electron chi connectivity index (χ3n) is 3.62. The van der Waals surface area contributed by atoms with Gasteiger partial charge in [-0.15, -0.1) is 0 Å². The van der Waals surface area contributed by atoms with Gasteiger partial charge in [-0.05, 0) is 36.3 Å². The van der Waals surface area contributed by atoms with Crippen molar-refractivity contribution in [3.63, 3.8) is 0 Å². The average Bonchev–Trinajstić information content (AvgIpc) is 2.65. The molecule has 0 bridgehead atoms. The molecule has 0 fully saturated rings. The summed E-state index contributed by atoms with van der Waals surface area (Å²) in [6, 6.07) is 17.3. The largest absolute Gasteiger partial charge is 0.489 e. The van der Waals surface area contributed by atoms with Gasteiger partial charge in [-0.1, -0.05) is 42.5 Å². The molecule has 136 valence electrons. The molecule has 0 N–H and O–H groups in total. The van der Waals surface area contributed by atoms with Gasteiger partial charge in [0.15, 0.2) is 6.10 Å². The van der Waals surface area contributed by atoms with Crippen molar-refractivity contribution >= 4 is 18.0 Å². The number of amides is 1. The molecule has 1 unspecified atom stereocenters. The Morgan fingerprint density at radius 3 is 2.31 bits per heavy atom. The van der Waals surface area contributed by atoms with Gasteiger partial charge in [0.05, 0.1) is 0 Å². The molecule has 0 spiro atoms. The van der Waals surface area contributed by atoms with Crippen LogP contribution in [0, 0.1) is 0 Å². The second kappa shape index (κ2) is 9.42. The van der Waals surface area contributed by atoms with Gasteiger partial charge in [0, 0.05) is 20.2 Å². The molecule has 0 radical (unpaired) electrons. The van der Waals surface area contributed by atoms with Crippen LogP contribution in [0.4, 0.5) is 0 Å². The Bertz CT molecular complexity index is 751. The summed E-state index contributed by atoms with van der Waals surface area (Å²) >= 11 is 0. The Morgan fingerprint density at radius 1 is 1.04 bits per heavy atom. The van der Waals surface area contributed by atoms with Gasteiger partial charge in [-0.3, -0.25) is 4.79 Å². The van der Waals surface area contributed by atoms with Crippen molar-refractivity contribution in [2.45, 2.75) is 19.6 Å². The molecule has 0 aliphatic rings. The van der Waals surface area contributed by atoms with Crippen LogP contribution in [0.2, 0.25) is 0 Å². The number of hydrogen-bond donors (Lipinski definition) is 0. The van der Waals surface area contributed by atoms with Crippen LogP contribution in [0.1, 0.15) is 18.1 Å². The maximum absolute atomic E-state index is 11.8. The Morgan fingerprint density at radius 2 is 1.69 bits per heavy atom. The first-order valence-electron chi connectivity index (χ1n) is 8.32. The van der Waals surface area contributed by atoms with E-state index >= 15 is 0 Å². The highest BCUT2D eigenvalue weighted by Crippen LogP contribution is 2.15. The molecule has 0 aliphatic carbocycles. The van der Waals surface area contributed by atoms with E-state index in [9.17, 15) is 9.59 Å². The Hall–Kier alpha value is -3.08. The van der Waals surface area contributed by atoms with E-state index in [0.29, 0.717) is 6.61 Å². The predicted molar refractivity (Wildman–Crippen MR) is 100 cm³/mol. The summed E-state index contributed by atoms with van der Waals surface area (Å²) < 4.78 is 10.8. The quantitative estimate of drug-likeness (QED) is 0.566. The zero-order chi connectivity index (χ0) is 18.9. The van der Waals surface area contributed by atoms with E-state index < -0.39 is 12.1 Å². The molecule has 0 saturated carbocycles. The predicted octanol–water partition coefficient (Wildman–Crippen LogP) is 3.30. The van der Waals surface area contributed by atoms with Gasteiger partial charge >= 0.3 is 5.97 Å². The van der Waals surface area contributed by atoms with Gasteiger partial charge in [0.25, 0.3) is 5.91 Å². The smallest absolute Gasteiger partial charge is 0.331 e. The Kier molecular flexibility index (Phi) is 6.97. The zero-order valence-electron chi connectivity index (χ0n) is 15.2. The van der Waals surface area contributed by atoms with Crippen LogP contribution < -0.4 is 4.74 Å². The summed E-state index contributed by atoms with van der Waals surface area (Å²) in [5.74, 6) is -0.0671. The van der Waals surface area contributed by atoms with Crippen LogP contribution in [-0.4, -0.2) is 37.0 Å². The van der Waals surface area contributed by atoms with E-state index in [1.165, 1.54) is 11.0 Å². The summed E-state index contributed by atoms with van der Waals surface area (Å²) in [6.45, 7) is 2.05. The normalized spacial score (nSPS) is 11.8. The number of likely N-dealkylation sites (N-methyl/N-ethyl adjacent to an activating group) is 1. The number of hydrogen-bond acceptors (Lipinski definition) is 4. The third-order valence-corrected chi connectivity index (χ3v) is 3.62. The fourth-order valence-electron chi connectivity index (χ4n) is 2.21. The number of carbonyl (C=O) groups excluding carboxylic acids is 2. The van der Waals surface area contributed by atoms with Crippen LogP contribution in [0.25, 0.3) is 6.08 Å². The summed E-state index contributed by atoms with van der Waals surface area (Å²) in [4.78, 5) is 24.8. The standard InChI is InChI=1S/C21H23NO4/c1-16(21(24)22(2)3)26-20(23)14-11-17-9-12-19(13-10-17)25-15-18-7-5-4-6-8-18/h4-14,16H,15H2,1-3H3/b14-11+. The molecule has 0 aliphatic heterocycles. The number of carbonyl (C=O) groups is 2. The first kappa shape index (κ1) is 19.2. The lowest BCUT2D eigenvalue weighted by atomic mass is 10.2. The summed E-state index contributed by atoms with van der Waals surface area (Å²) in [5, 5.41) is 0. The molecule has 26 heavy (non-hydrogen) atoms. The van der Waals surface area contributed by atoms with Crippen molar-refractivity contribution < 1.29 is 19.1 Å². The molecule has 2 aromatic rings. The second-order valence-corrected chi connectivity index (χ2v) is 5.99. The highest BCUT2D eigenvalue weighted by molar-refractivity contribution is 5.90. The number of ether oxygens (including phenoxy) is 2. The van der Waals surface area contributed by atoms with Crippen molar-refractivity contribution in [3.8, 4) is 5.75 Å². The van der Waals surface area contributed by atoms with Crippen molar-refractivity contribution in [1.29, 1.82) is 0 Å². The van der Waals surface area contributed by atoms with Crippen molar-refractivity contribution in [2.75, 3.05) is 14.1 Å².